The quantitative estimate of drug-likeness (QED) is 0.0768. The third kappa shape index (κ3) is 8.64. The number of carbonyl (C=O) groups is 1. The SMILES string of the molecule is Cl.NCCN.NCCNCc1ccc2n[nH]c(S(=O)(=O)c3cccc4ccccc34)c2c1.O=Cc1ccc2n[nH]c(S(=O)(=O)c3cccc4ccccc34)c2c1. The summed E-state index contributed by atoms with van der Waals surface area (Å²) in [6.07, 6.45) is 0.681. The van der Waals surface area contributed by atoms with Crippen molar-refractivity contribution in [1.82, 2.24) is 25.7 Å². The maximum Gasteiger partial charge on any atom is 0.224 e. The minimum Gasteiger partial charge on any atom is -0.329 e. The summed E-state index contributed by atoms with van der Waals surface area (Å²) in [6.45, 7) is 3.06. The summed E-state index contributed by atoms with van der Waals surface area (Å²) in [5.41, 5.74) is 17.8. The first-order valence-electron chi connectivity index (χ1n) is 17.3. The third-order valence-corrected chi connectivity index (χ3v) is 12.3. The Kier molecular flexibility index (Phi) is 13.7. The van der Waals surface area contributed by atoms with Crippen molar-refractivity contribution >= 4 is 81.7 Å². The van der Waals surface area contributed by atoms with Gasteiger partial charge >= 0.3 is 0 Å². The number of fused-ring (bicyclic) bond motifs is 4. The van der Waals surface area contributed by atoms with E-state index in [1.165, 1.54) is 6.07 Å². The molecule has 8 aromatic rings. The van der Waals surface area contributed by atoms with Gasteiger partial charge in [-0.3, -0.25) is 15.0 Å². The number of nitrogens with two attached hydrogens (primary N) is 3. The van der Waals surface area contributed by atoms with Crippen LogP contribution in [0.1, 0.15) is 15.9 Å². The van der Waals surface area contributed by atoms with Crippen LogP contribution in [0.3, 0.4) is 0 Å². The van der Waals surface area contributed by atoms with Crippen LogP contribution in [0, 0.1) is 0 Å². The molecule has 0 saturated carbocycles. The molecule has 0 fully saturated rings. The van der Waals surface area contributed by atoms with E-state index in [0.717, 1.165) is 16.3 Å². The van der Waals surface area contributed by atoms with Crippen LogP contribution in [0.15, 0.2) is 141 Å². The van der Waals surface area contributed by atoms with E-state index in [2.05, 4.69) is 25.7 Å². The number of carbonyl (C=O) groups excluding carboxylic acids is 1. The lowest BCUT2D eigenvalue weighted by Gasteiger charge is -2.08. The predicted molar refractivity (Wildman–Crippen MR) is 222 cm³/mol. The van der Waals surface area contributed by atoms with E-state index in [4.69, 9.17) is 17.2 Å². The van der Waals surface area contributed by atoms with Gasteiger partial charge in [0.05, 0.1) is 20.8 Å². The molecule has 0 unspecified atom stereocenters. The molecule has 0 radical (unpaired) electrons. The Bertz CT molecular complexity index is 2830. The Morgan fingerprint density at radius 2 is 1.05 bits per heavy atom. The van der Waals surface area contributed by atoms with Crippen molar-refractivity contribution in [3.63, 3.8) is 0 Å². The number of aromatic amines is 2. The topological polar surface area (TPSA) is 233 Å². The van der Waals surface area contributed by atoms with Gasteiger partial charge in [-0.25, -0.2) is 16.8 Å². The molecule has 0 bridgehead atoms. The Labute approximate surface area is 329 Å². The van der Waals surface area contributed by atoms with Crippen LogP contribution in [0.5, 0.6) is 0 Å². The molecule has 8 rings (SSSR count). The summed E-state index contributed by atoms with van der Waals surface area (Å²) in [7, 11) is -7.56. The molecule has 6 aromatic carbocycles. The molecule has 0 aliphatic rings. The zero-order chi connectivity index (χ0) is 39.0. The zero-order valence-electron chi connectivity index (χ0n) is 30.1. The van der Waals surface area contributed by atoms with Gasteiger partial charge in [0.2, 0.25) is 19.7 Å². The Balaban J connectivity index is 0.000000194. The number of H-pyrrole nitrogens is 2. The highest BCUT2D eigenvalue weighted by molar-refractivity contribution is 7.92. The van der Waals surface area contributed by atoms with Crippen molar-refractivity contribution in [2.75, 3.05) is 26.2 Å². The molecular formula is C40H41ClN8O5S2. The molecule has 0 spiro atoms. The van der Waals surface area contributed by atoms with Gasteiger partial charge in [0.15, 0.2) is 10.1 Å². The molecule has 16 heteroatoms. The van der Waals surface area contributed by atoms with E-state index in [9.17, 15) is 21.6 Å². The molecule has 2 aromatic heterocycles. The number of halogens is 1. The van der Waals surface area contributed by atoms with Gasteiger partial charge < -0.3 is 22.5 Å². The lowest BCUT2D eigenvalue weighted by atomic mass is 10.1. The minimum atomic E-state index is -3.81. The number of nitrogens with zero attached hydrogens (tertiary/aromatic N) is 2. The molecule has 13 nitrogen and oxygen atoms in total. The minimum absolute atomic E-state index is 0. The van der Waals surface area contributed by atoms with Crippen molar-refractivity contribution in [1.29, 1.82) is 0 Å². The van der Waals surface area contributed by atoms with Gasteiger partial charge in [0, 0.05) is 59.8 Å². The fourth-order valence-electron chi connectivity index (χ4n) is 6.05. The summed E-state index contributed by atoms with van der Waals surface area (Å²) in [5, 5.41) is 21.0. The van der Waals surface area contributed by atoms with Crippen LogP contribution in [-0.2, 0) is 26.2 Å². The number of sulfone groups is 2. The third-order valence-electron chi connectivity index (χ3n) is 8.70. The van der Waals surface area contributed by atoms with Crippen LogP contribution in [-0.4, -0.2) is 69.7 Å². The fourth-order valence-corrected chi connectivity index (χ4v) is 9.19. The smallest absolute Gasteiger partial charge is 0.224 e. The molecule has 0 saturated heterocycles. The Morgan fingerprint density at radius 1 is 0.571 bits per heavy atom. The van der Waals surface area contributed by atoms with Crippen molar-refractivity contribution in [3.05, 3.63) is 132 Å². The molecule has 9 N–H and O–H groups in total. The molecule has 56 heavy (non-hydrogen) atoms. The van der Waals surface area contributed by atoms with Crippen LogP contribution >= 0.6 is 12.4 Å². The van der Waals surface area contributed by atoms with Gasteiger partial charge in [-0.2, -0.15) is 10.2 Å². The summed E-state index contributed by atoms with van der Waals surface area (Å²) < 4.78 is 53.1. The van der Waals surface area contributed by atoms with Crippen LogP contribution in [0.4, 0.5) is 0 Å². The van der Waals surface area contributed by atoms with Gasteiger partial charge in [-0.05, 0) is 58.8 Å². The van der Waals surface area contributed by atoms with Crippen molar-refractivity contribution < 1.29 is 21.6 Å². The summed E-state index contributed by atoms with van der Waals surface area (Å²) in [4.78, 5) is 11.5. The molecule has 290 valence electrons. The van der Waals surface area contributed by atoms with Crippen LogP contribution in [0.25, 0.3) is 43.4 Å². The van der Waals surface area contributed by atoms with Gasteiger partial charge in [0.1, 0.15) is 6.29 Å². The average Bonchev–Trinajstić information content (AvgIpc) is 3.86. The summed E-state index contributed by atoms with van der Waals surface area (Å²) in [6, 6.07) is 35.6. The van der Waals surface area contributed by atoms with E-state index >= 15 is 0 Å². The maximum absolute atomic E-state index is 13.4. The van der Waals surface area contributed by atoms with Gasteiger partial charge in [0.25, 0.3) is 0 Å². The monoisotopic (exact) mass is 812 g/mol. The lowest BCUT2D eigenvalue weighted by Crippen LogP contribution is -2.21. The summed E-state index contributed by atoms with van der Waals surface area (Å²) >= 11 is 0. The normalized spacial score (nSPS) is 11.4. The van der Waals surface area contributed by atoms with E-state index in [0.29, 0.717) is 77.2 Å². The zero-order valence-corrected chi connectivity index (χ0v) is 32.5. The van der Waals surface area contributed by atoms with Gasteiger partial charge in [-0.15, -0.1) is 12.4 Å². The van der Waals surface area contributed by atoms with Crippen molar-refractivity contribution in [2.24, 2.45) is 17.2 Å². The second kappa shape index (κ2) is 18.4. The number of rotatable bonds is 10. The molecule has 0 aliphatic heterocycles. The van der Waals surface area contributed by atoms with Crippen molar-refractivity contribution in [2.45, 2.75) is 26.4 Å². The lowest BCUT2D eigenvalue weighted by molar-refractivity contribution is 0.112. The highest BCUT2D eigenvalue weighted by atomic mass is 35.5. The van der Waals surface area contributed by atoms with Gasteiger partial charge in [-0.1, -0.05) is 78.9 Å². The molecule has 0 atom stereocenters. The predicted octanol–water partition coefficient (Wildman–Crippen LogP) is 5.28. The van der Waals surface area contributed by atoms with E-state index < -0.39 is 19.7 Å². The highest BCUT2D eigenvalue weighted by Crippen LogP contribution is 2.33. The molecular weight excluding hydrogens is 772 g/mol. The number of nitrogens with one attached hydrogen (secondary N) is 3. The van der Waals surface area contributed by atoms with E-state index in [1.54, 1.807) is 48.5 Å². The Morgan fingerprint density at radius 3 is 1.55 bits per heavy atom. The molecule has 0 aliphatic carbocycles. The number of hydrogen-bond acceptors (Lipinski definition) is 11. The van der Waals surface area contributed by atoms with Crippen LogP contribution < -0.4 is 22.5 Å². The van der Waals surface area contributed by atoms with Crippen molar-refractivity contribution in [3.8, 4) is 0 Å². The standard InChI is InChI=1S/C20H20N4O2S.C18H12N2O3S.C2H8N2.ClH/c21-10-11-22-13-14-8-9-18-17(12-14)20(24-23-18)27(25,26)19-7-3-5-15-4-1-2-6-16(15)19;21-11-12-8-9-16-15(10-12)18(20-19-16)24(22,23)17-7-3-5-13-4-1-2-6-14(13)17;3-1-2-4;/h1-9,12,22H,10-11,13,21H2,(H,23,24);1-11H,(H,19,20);1-4H2;1H. The van der Waals surface area contributed by atoms with Crippen LogP contribution in [0.2, 0.25) is 0 Å². The summed E-state index contributed by atoms with van der Waals surface area (Å²) in [5.74, 6) is 0. The average molecular weight is 813 g/mol. The largest absolute Gasteiger partial charge is 0.329 e. The second-order valence-corrected chi connectivity index (χ2v) is 16.1. The first-order chi connectivity index (χ1) is 26.6. The number of hydrogen-bond donors (Lipinski definition) is 6. The van der Waals surface area contributed by atoms with E-state index in [1.807, 2.05) is 66.7 Å². The number of aldehydes is 1. The van der Waals surface area contributed by atoms with E-state index in [-0.39, 0.29) is 32.2 Å². The molecule has 2 heterocycles. The maximum atomic E-state index is 13.4. The highest BCUT2D eigenvalue weighted by Gasteiger charge is 2.26. The number of aromatic nitrogens is 4. The second-order valence-electron chi connectivity index (χ2n) is 12.4. The first-order valence-corrected chi connectivity index (χ1v) is 20.3. The molecule has 0 amide bonds. The number of benzene rings is 6. The Hall–Kier alpha value is -5.52. The first kappa shape index (κ1) is 41.6. The fraction of sp³-hybridized carbons (Fsp3) is 0.125.